The quantitative estimate of drug-likeness (QED) is 0.287. The van der Waals surface area contributed by atoms with Gasteiger partial charge in [-0.25, -0.2) is 17.6 Å². The van der Waals surface area contributed by atoms with Crippen LogP contribution in [-0.4, -0.2) is 0 Å². The highest BCUT2D eigenvalue weighted by Crippen LogP contribution is 2.41. The van der Waals surface area contributed by atoms with E-state index < -0.39 is 23.3 Å². The lowest BCUT2D eigenvalue weighted by Crippen LogP contribution is -2.20. The molecule has 2 aromatic rings. The van der Waals surface area contributed by atoms with E-state index in [9.17, 15) is 17.6 Å². The fourth-order valence-electron chi connectivity index (χ4n) is 5.17. The Bertz CT molecular complexity index is 845. The minimum absolute atomic E-state index is 0.00952. The molecule has 31 heavy (non-hydrogen) atoms. The molecule has 4 heteroatoms. The molecule has 0 heterocycles. The minimum atomic E-state index is -1.54. The molecular formula is C27H34F4. The Hall–Kier alpha value is -1.84. The third-order valence-electron chi connectivity index (χ3n) is 7.23. The number of benzene rings is 2. The van der Waals surface area contributed by atoms with E-state index in [1.165, 1.54) is 31.7 Å². The van der Waals surface area contributed by atoms with E-state index in [1.54, 1.807) is 6.07 Å². The van der Waals surface area contributed by atoms with Crippen LogP contribution in [0.4, 0.5) is 17.6 Å². The molecule has 3 rings (SSSR count). The molecule has 0 N–H and O–H groups in total. The molecule has 2 aromatic carbocycles. The summed E-state index contributed by atoms with van der Waals surface area (Å²) in [5, 5.41) is 0. The molecule has 0 saturated heterocycles. The summed E-state index contributed by atoms with van der Waals surface area (Å²) in [4.78, 5) is 0. The highest BCUT2D eigenvalue weighted by molar-refractivity contribution is 5.65. The van der Waals surface area contributed by atoms with Crippen LogP contribution < -0.4 is 0 Å². The molecule has 0 aromatic heterocycles. The van der Waals surface area contributed by atoms with Crippen LogP contribution in [0.15, 0.2) is 30.3 Å². The summed E-state index contributed by atoms with van der Waals surface area (Å²) in [6, 6.07) is 6.56. The first-order chi connectivity index (χ1) is 14.8. The highest BCUT2D eigenvalue weighted by Gasteiger charge is 2.27. The molecule has 1 saturated carbocycles. The average molecular weight is 435 g/mol. The van der Waals surface area contributed by atoms with Gasteiger partial charge in [0, 0.05) is 5.56 Å². The maximum atomic E-state index is 14.8. The van der Waals surface area contributed by atoms with Crippen LogP contribution in [0.1, 0.15) is 83.6 Å². The van der Waals surface area contributed by atoms with Crippen LogP contribution in [0.5, 0.6) is 0 Å². The molecule has 0 nitrogen and oxygen atoms in total. The van der Waals surface area contributed by atoms with Crippen LogP contribution >= 0.6 is 0 Å². The van der Waals surface area contributed by atoms with E-state index in [0.717, 1.165) is 61.1 Å². The van der Waals surface area contributed by atoms with Crippen molar-refractivity contribution < 1.29 is 17.6 Å². The maximum absolute atomic E-state index is 14.8. The SMILES string of the molecule is CCCC(C)CCC(C)C1CCC(c2ccc(-c3cc(F)c(F)c(F)c3)c(F)c2)CC1. The fourth-order valence-corrected chi connectivity index (χ4v) is 5.17. The Morgan fingerprint density at radius 2 is 1.45 bits per heavy atom. The first kappa shape index (κ1) is 23.8. The molecule has 0 radical (unpaired) electrons. The summed E-state index contributed by atoms with van der Waals surface area (Å²) < 4.78 is 55.0. The van der Waals surface area contributed by atoms with Crippen molar-refractivity contribution in [2.24, 2.45) is 17.8 Å². The van der Waals surface area contributed by atoms with Gasteiger partial charge >= 0.3 is 0 Å². The van der Waals surface area contributed by atoms with Crippen LogP contribution in [0.3, 0.4) is 0 Å². The molecule has 0 aliphatic heterocycles. The van der Waals surface area contributed by atoms with Gasteiger partial charge in [-0.05, 0) is 78.7 Å². The Morgan fingerprint density at radius 1 is 0.806 bits per heavy atom. The lowest BCUT2D eigenvalue weighted by atomic mass is 9.72. The molecule has 1 fully saturated rings. The van der Waals surface area contributed by atoms with E-state index in [0.29, 0.717) is 5.92 Å². The van der Waals surface area contributed by atoms with Crippen molar-refractivity contribution in [3.63, 3.8) is 0 Å². The summed E-state index contributed by atoms with van der Waals surface area (Å²) in [7, 11) is 0. The molecule has 2 atom stereocenters. The fraction of sp³-hybridized carbons (Fsp3) is 0.556. The normalized spacial score (nSPS) is 21.1. The van der Waals surface area contributed by atoms with Crippen LogP contribution in [-0.2, 0) is 0 Å². The topological polar surface area (TPSA) is 0 Å². The lowest BCUT2D eigenvalue weighted by Gasteiger charge is -2.33. The monoisotopic (exact) mass is 434 g/mol. The lowest BCUT2D eigenvalue weighted by molar-refractivity contribution is 0.224. The van der Waals surface area contributed by atoms with Crippen LogP contribution in [0.25, 0.3) is 11.1 Å². The van der Waals surface area contributed by atoms with Gasteiger partial charge in [0.15, 0.2) is 17.5 Å². The van der Waals surface area contributed by atoms with Gasteiger partial charge < -0.3 is 0 Å². The second-order valence-electron chi connectivity index (χ2n) is 9.55. The molecular weight excluding hydrogens is 400 g/mol. The van der Waals surface area contributed by atoms with E-state index in [2.05, 4.69) is 20.8 Å². The van der Waals surface area contributed by atoms with Crippen molar-refractivity contribution in [2.75, 3.05) is 0 Å². The third kappa shape index (κ3) is 5.90. The Balaban J connectivity index is 1.61. The second kappa shape index (κ2) is 10.7. The zero-order valence-electron chi connectivity index (χ0n) is 18.9. The first-order valence-corrected chi connectivity index (χ1v) is 11.7. The van der Waals surface area contributed by atoms with Gasteiger partial charge in [-0.2, -0.15) is 0 Å². The zero-order valence-corrected chi connectivity index (χ0v) is 18.9. The van der Waals surface area contributed by atoms with Gasteiger partial charge in [-0.1, -0.05) is 58.6 Å². The molecule has 0 amide bonds. The average Bonchev–Trinajstić information content (AvgIpc) is 2.75. The molecule has 0 spiro atoms. The van der Waals surface area contributed by atoms with E-state index in [-0.39, 0.29) is 11.1 Å². The van der Waals surface area contributed by atoms with Gasteiger partial charge in [0.1, 0.15) is 5.82 Å². The third-order valence-corrected chi connectivity index (χ3v) is 7.23. The molecule has 1 aliphatic rings. The molecule has 0 bridgehead atoms. The van der Waals surface area contributed by atoms with Crippen molar-refractivity contribution in [3.05, 3.63) is 59.2 Å². The standard InChI is InChI=1S/C27H34F4/c1-4-5-17(2)6-7-18(3)19-8-10-20(11-9-19)21-12-13-23(24(28)14-21)22-15-25(29)27(31)26(30)16-22/h12-20H,4-11H2,1-3H3. The summed E-state index contributed by atoms with van der Waals surface area (Å²) in [6.45, 7) is 6.96. The minimum Gasteiger partial charge on any atom is -0.206 e. The van der Waals surface area contributed by atoms with Crippen molar-refractivity contribution in [1.29, 1.82) is 0 Å². The predicted molar refractivity (Wildman–Crippen MR) is 119 cm³/mol. The van der Waals surface area contributed by atoms with Gasteiger partial charge in [-0.3, -0.25) is 0 Å². The van der Waals surface area contributed by atoms with Crippen molar-refractivity contribution >= 4 is 0 Å². The van der Waals surface area contributed by atoms with Gasteiger partial charge in [0.05, 0.1) is 0 Å². The summed E-state index contributed by atoms with van der Waals surface area (Å²) in [5.41, 5.74) is 1.03. The van der Waals surface area contributed by atoms with Crippen molar-refractivity contribution in [1.82, 2.24) is 0 Å². The second-order valence-corrected chi connectivity index (χ2v) is 9.55. The van der Waals surface area contributed by atoms with Gasteiger partial charge in [0.25, 0.3) is 0 Å². The van der Waals surface area contributed by atoms with Crippen molar-refractivity contribution in [3.8, 4) is 11.1 Å². The number of hydrogen-bond acceptors (Lipinski definition) is 0. The largest absolute Gasteiger partial charge is 0.206 e. The number of hydrogen-bond donors (Lipinski definition) is 0. The smallest absolute Gasteiger partial charge is 0.194 e. The maximum Gasteiger partial charge on any atom is 0.194 e. The van der Waals surface area contributed by atoms with E-state index in [4.69, 9.17) is 0 Å². The van der Waals surface area contributed by atoms with E-state index >= 15 is 0 Å². The molecule has 170 valence electrons. The van der Waals surface area contributed by atoms with Gasteiger partial charge in [0.2, 0.25) is 0 Å². The van der Waals surface area contributed by atoms with Crippen LogP contribution in [0.2, 0.25) is 0 Å². The summed E-state index contributed by atoms with van der Waals surface area (Å²) in [6.07, 6.45) is 9.53. The number of rotatable bonds is 8. The first-order valence-electron chi connectivity index (χ1n) is 11.7. The summed E-state index contributed by atoms with van der Waals surface area (Å²) >= 11 is 0. The van der Waals surface area contributed by atoms with Gasteiger partial charge in [-0.15, -0.1) is 0 Å². The van der Waals surface area contributed by atoms with Crippen LogP contribution in [0, 0.1) is 41.0 Å². The Labute approximate surface area is 184 Å². The zero-order chi connectivity index (χ0) is 22.5. The van der Waals surface area contributed by atoms with E-state index in [1.807, 2.05) is 6.07 Å². The predicted octanol–water partition coefficient (Wildman–Crippen LogP) is 9.04. The molecule has 1 aliphatic carbocycles. The Kier molecular flexibility index (Phi) is 8.18. The molecule has 2 unspecified atom stereocenters. The Morgan fingerprint density at radius 3 is 2.03 bits per heavy atom. The van der Waals surface area contributed by atoms with Crippen molar-refractivity contribution in [2.45, 2.75) is 78.1 Å². The summed E-state index contributed by atoms with van der Waals surface area (Å²) in [5.74, 6) is -2.11. The highest BCUT2D eigenvalue weighted by atomic mass is 19.2. The number of halogens is 4.